The van der Waals surface area contributed by atoms with Crippen LogP contribution >= 0.6 is 12.2 Å². The molecule has 2 aliphatic heterocycles. The Bertz CT molecular complexity index is 981. The predicted molar refractivity (Wildman–Crippen MR) is 133 cm³/mol. The number of hydrogen-bond donors (Lipinski definition) is 2. The molecule has 2 aromatic rings. The molecule has 2 atom stereocenters. The van der Waals surface area contributed by atoms with Crippen LogP contribution in [0.25, 0.3) is 0 Å². The Hall–Kier alpha value is -2.62. The van der Waals surface area contributed by atoms with Crippen LogP contribution in [0.5, 0.6) is 0 Å². The van der Waals surface area contributed by atoms with E-state index in [2.05, 4.69) is 51.5 Å². The van der Waals surface area contributed by atoms with E-state index >= 15 is 0 Å². The molecule has 0 aliphatic carbocycles. The highest BCUT2D eigenvalue weighted by molar-refractivity contribution is 7.80. The van der Waals surface area contributed by atoms with E-state index in [1.165, 1.54) is 18.5 Å². The van der Waals surface area contributed by atoms with E-state index < -0.39 is 11.9 Å². The van der Waals surface area contributed by atoms with Crippen LogP contribution in [0.1, 0.15) is 44.4 Å². The molecule has 0 radical (unpaired) electrons. The van der Waals surface area contributed by atoms with Crippen molar-refractivity contribution in [1.82, 2.24) is 15.3 Å². The first kappa shape index (κ1) is 24.5. The molecule has 34 heavy (non-hydrogen) atoms. The maximum Gasteiger partial charge on any atom is 0.433 e. The number of alkyl halides is 3. The molecule has 0 spiro atoms. The third-order valence-corrected chi connectivity index (χ3v) is 6.53. The lowest BCUT2D eigenvalue weighted by molar-refractivity contribution is -0.141. The Morgan fingerprint density at radius 2 is 1.68 bits per heavy atom. The van der Waals surface area contributed by atoms with Crippen LogP contribution in [0.2, 0.25) is 0 Å². The van der Waals surface area contributed by atoms with Crippen LogP contribution < -0.4 is 20.4 Å². The van der Waals surface area contributed by atoms with Crippen molar-refractivity contribution in [2.75, 3.05) is 41.3 Å². The van der Waals surface area contributed by atoms with Gasteiger partial charge in [-0.2, -0.15) is 18.2 Å². The smallest absolute Gasteiger partial charge is 0.372 e. The highest BCUT2D eigenvalue weighted by Crippen LogP contribution is 2.32. The predicted octanol–water partition coefficient (Wildman–Crippen LogP) is 5.06. The Morgan fingerprint density at radius 1 is 1.03 bits per heavy atom. The Morgan fingerprint density at radius 3 is 2.29 bits per heavy atom. The Kier molecular flexibility index (Phi) is 7.45. The highest BCUT2D eigenvalue weighted by Gasteiger charge is 2.35. The molecular weight excluding hydrogens is 461 g/mol. The van der Waals surface area contributed by atoms with E-state index in [1.54, 1.807) is 0 Å². The summed E-state index contributed by atoms with van der Waals surface area (Å²) in [6.45, 7) is 8.13. The van der Waals surface area contributed by atoms with Crippen LogP contribution in [0.15, 0.2) is 30.3 Å². The fourth-order valence-corrected chi connectivity index (χ4v) is 4.94. The summed E-state index contributed by atoms with van der Waals surface area (Å²) < 4.78 is 40.6. The fourth-order valence-electron chi connectivity index (χ4n) is 4.78. The Labute approximate surface area is 204 Å². The maximum atomic E-state index is 13.5. The van der Waals surface area contributed by atoms with Crippen molar-refractivity contribution in [3.63, 3.8) is 0 Å². The van der Waals surface area contributed by atoms with Gasteiger partial charge in [-0.1, -0.05) is 26.0 Å². The van der Waals surface area contributed by atoms with E-state index in [1.807, 2.05) is 17.0 Å². The number of halogens is 3. The minimum atomic E-state index is -4.58. The van der Waals surface area contributed by atoms with Gasteiger partial charge in [-0.3, -0.25) is 0 Å². The number of hydrogen-bond acceptors (Lipinski definition) is 5. The fraction of sp³-hybridized carbons (Fsp3) is 0.542. The second-order valence-electron chi connectivity index (χ2n) is 9.45. The second-order valence-corrected chi connectivity index (χ2v) is 9.86. The number of rotatable bonds is 5. The summed E-state index contributed by atoms with van der Waals surface area (Å²) in [5, 5.41) is 5.96. The summed E-state index contributed by atoms with van der Waals surface area (Å²) in [4.78, 5) is 12.3. The van der Waals surface area contributed by atoms with Crippen LogP contribution in [0.3, 0.4) is 0 Å². The van der Waals surface area contributed by atoms with Gasteiger partial charge in [0.1, 0.15) is 5.82 Å². The molecule has 4 rings (SSSR count). The largest absolute Gasteiger partial charge is 0.433 e. The van der Waals surface area contributed by atoms with E-state index in [0.717, 1.165) is 31.1 Å². The molecule has 3 heterocycles. The molecule has 10 heteroatoms. The van der Waals surface area contributed by atoms with Gasteiger partial charge in [-0.05, 0) is 61.0 Å². The summed E-state index contributed by atoms with van der Waals surface area (Å²) in [7, 11) is 0. The van der Waals surface area contributed by atoms with Crippen molar-refractivity contribution in [2.24, 2.45) is 11.8 Å². The standard InChI is InChI=1S/C24H31F3N6S/c1-16-11-17(2)15-33(14-16)21-12-20(24(25,26)27)29-22(30-21)31-23(34)28-13-18-5-7-19(8-6-18)32-9-3-4-10-32/h5-8,12,16-17H,3-4,9-11,13-15H2,1-2H3,(H2,28,29,30,31,34)/t16-,17-/m0/s1. The van der Waals surface area contributed by atoms with Gasteiger partial charge in [-0.25, -0.2) is 4.98 Å². The van der Waals surface area contributed by atoms with E-state index in [0.29, 0.717) is 31.5 Å². The molecule has 0 unspecified atom stereocenters. The van der Waals surface area contributed by atoms with Crippen molar-refractivity contribution in [3.8, 4) is 0 Å². The lowest BCUT2D eigenvalue weighted by atomic mass is 9.92. The van der Waals surface area contributed by atoms with E-state index in [-0.39, 0.29) is 16.9 Å². The molecule has 0 amide bonds. The number of nitrogens with one attached hydrogen (secondary N) is 2. The van der Waals surface area contributed by atoms with Gasteiger partial charge >= 0.3 is 6.18 Å². The molecular formula is C24H31F3N6S. The molecule has 1 aromatic heterocycles. The molecule has 184 valence electrons. The molecule has 0 saturated carbocycles. The van der Waals surface area contributed by atoms with Crippen LogP contribution in [-0.2, 0) is 12.7 Å². The molecule has 2 fully saturated rings. The van der Waals surface area contributed by atoms with Gasteiger partial charge in [0.25, 0.3) is 0 Å². The summed E-state index contributed by atoms with van der Waals surface area (Å²) in [5.74, 6) is 0.870. The topological polar surface area (TPSA) is 56.3 Å². The van der Waals surface area contributed by atoms with Crippen molar-refractivity contribution in [3.05, 3.63) is 41.6 Å². The summed E-state index contributed by atoms with van der Waals surface area (Å²) in [6.07, 6.45) is -1.09. The molecule has 2 N–H and O–H groups in total. The quantitative estimate of drug-likeness (QED) is 0.566. The zero-order valence-corrected chi connectivity index (χ0v) is 20.3. The Balaban J connectivity index is 1.42. The minimum absolute atomic E-state index is 0.155. The lowest BCUT2D eigenvalue weighted by Gasteiger charge is -2.36. The number of aromatic nitrogens is 2. The van der Waals surface area contributed by atoms with Crippen molar-refractivity contribution in [2.45, 2.75) is 45.8 Å². The molecule has 6 nitrogen and oxygen atoms in total. The average Bonchev–Trinajstić information content (AvgIpc) is 3.32. The average molecular weight is 493 g/mol. The van der Waals surface area contributed by atoms with Gasteiger partial charge in [0.2, 0.25) is 5.95 Å². The third kappa shape index (κ3) is 6.28. The zero-order chi connectivity index (χ0) is 24.3. The monoisotopic (exact) mass is 492 g/mol. The van der Waals surface area contributed by atoms with Gasteiger partial charge in [0.15, 0.2) is 10.8 Å². The zero-order valence-electron chi connectivity index (χ0n) is 19.5. The van der Waals surface area contributed by atoms with Gasteiger partial charge < -0.3 is 20.4 Å². The van der Waals surface area contributed by atoms with Crippen molar-refractivity contribution < 1.29 is 13.2 Å². The minimum Gasteiger partial charge on any atom is -0.372 e. The van der Waals surface area contributed by atoms with Crippen molar-refractivity contribution >= 4 is 34.8 Å². The summed E-state index contributed by atoms with van der Waals surface area (Å²) in [5.41, 5.74) is 1.24. The number of anilines is 3. The first-order chi connectivity index (χ1) is 16.2. The first-order valence-corrected chi connectivity index (χ1v) is 12.2. The van der Waals surface area contributed by atoms with Crippen LogP contribution in [-0.4, -0.2) is 41.3 Å². The lowest BCUT2D eigenvalue weighted by Crippen LogP contribution is -2.39. The molecule has 0 bridgehead atoms. The van der Waals surface area contributed by atoms with E-state index in [9.17, 15) is 13.2 Å². The first-order valence-electron chi connectivity index (χ1n) is 11.8. The number of piperidine rings is 1. The SMILES string of the molecule is C[C@H]1C[C@H](C)CN(c2cc(C(F)(F)F)nc(NC(=S)NCc3ccc(N4CCCC4)cc3)n2)C1. The number of thiocarbonyl (C=S) groups is 1. The highest BCUT2D eigenvalue weighted by atomic mass is 32.1. The molecule has 1 aromatic carbocycles. The summed E-state index contributed by atoms with van der Waals surface area (Å²) >= 11 is 5.32. The second kappa shape index (κ2) is 10.3. The summed E-state index contributed by atoms with van der Waals surface area (Å²) in [6, 6.07) is 9.25. The van der Waals surface area contributed by atoms with Crippen molar-refractivity contribution in [1.29, 1.82) is 0 Å². The maximum absolute atomic E-state index is 13.5. The van der Waals surface area contributed by atoms with Gasteiger partial charge in [0, 0.05) is 44.5 Å². The van der Waals surface area contributed by atoms with Crippen LogP contribution in [0.4, 0.5) is 30.6 Å². The normalized spacial score (nSPS) is 21.0. The van der Waals surface area contributed by atoms with E-state index in [4.69, 9.17) is 12.2 Å². The molecule has 2 saturated heterocycles. The van der Waals surface area contributed by atoms with Gasteiger partial charge in [0.05, 0.1) is 0 Å². The molecule has 2 aliphatic rings. The number of benzene rings is 1. The van der Waals surface area contributed by atoms with Gasteiger partial charge in [-0.15, -0.1) is 0 Å². The van der Waals surface area contributed by atoms with Crippen LogP contribution in [0, 0.1) is 11.8 Å². The number of nitrogens with zero attached hydrogens (tertiary/aromatic N) is 4. The third-order valence-electron chi connectivity index (χ3n) is 6.28.